The summed E-state index contributed by atoms with van der Waals surface area (Å²) in [5.74, 6) is 2.36. The van der Waals surface area contributed by atoms with Gasteiger partial charge in [-0.05, 0) is 48.9 Å². The van der Waals surface area contributed by atoms with E-state index < -0.39 is 0 Å². The highest BCUT2D eigenvalue weighted by Crippen LogP contribution is 2.37. The molecule has 1 aliphatic heterocycles. The van der Waals surface area contributed by atoms with E-state index in [0.717, 1.165) is 55.6 Å². The number of tetrazole rings is 1. The van der Waals surface area contributed by atoms with Crippen molar-refractivity contribution in [2.45, 2.75) is 38.9 Å². The fraction of sp³-hybridized carbons (Fsp3) is 0.480. The average molecular weight is 451 g/mol. The Labute approximate surface area is 196 Å². The lowest BCUT2D eigenvalue weighted by Gasteiger charge is -2.39. The molecule has 0 spiro atoms. The number of ether oxygens (including phenoxy) is 2. The molecule has 2 aromatic carbocycles. The van der Waals surface area contributed by atoms with Gasteiger partial charge in [0.15, 0.2) is 5.82 Å². The third-order valence-corrected chi connectivity index (χ3v) is 6.13. The van der Waals surface area contributed by atoms with Crippen molar-refractivity contribution >= 4 is 0 Å². The maximum Gasteiger partial charge on any atom is 0.173 e. The van der Waals surface area contributed by atoms with Gasteiger partial charge in [-0.1, -0.05) is 30.3 Å². The molecule has 176 valence electrons. The van der Waals surface area contributed by atoms with Crippen LogP contribution in [0.2, 0.25) is 0 Å². The van der Waals surface area contributed by atoms with Crippen molar-refractivity contribution in [3.05, 3.63) is 65.5 Å². The van der Waals surface area contributed by atoms with E-state index >= 15 is 0 Å². The summed E-state index contributed by atoms with van der Waals surface area (Å²) >= 11 is 0. The Morgan fingerprint density at radius 2 is 1.67 bits per heavy atom. The van der Waals surface area contributed by atoms with E-state index in [-0.39, 0.29) is 11.6 Å². The van der Waals surface area contributed by atoms with Gasteiger partial charge < -0.3 is 9.47 Å². The molecule has 1 atom stereocenters. The molecule has 1 saturated heterocycles. The standard InChI is InChI=1S/C25H34N6O2/c1-25(2,3)31-24(26-27-28-31)23(21-12-11-20(32-4)17-22(21)33-5)30-15-13-29(14-16-30)18-19-9-7-6-8-10-19/h6-12,17,23H,13-16,18H2,1-5H3/t23-/m0/s1. The normalized spacial score (nSPS) is 16.5. The zero-order chi connectivity index (χ0) is 23.4. The summed E-state index contributed by atoms with van der Waals surface area (Å²) in [6.07, 6.45) is 0. The van der Waals surface area contributed by atoms with Gasteiger partial charge in [-0.2, -0.15) is 0 Å². The lowest BCUT2D eigenvalue weighted by atomic mass is 10.00. The average Bonchev–Trinajstić information content (AvgIpc) is 3.31. The van der Waals surface area contributed by atoms with Crippen LogP contribution < -0.4 is 9.47 Å². The van der Waals surface area contributed by atoms with Crippen LogP contribution in [0.1, 0.15) is 43.8 Å². The van der Waals surface area contributed by atoms with Crippen molar-refractivity contribution in [2.24, 2.45) is 0 Å². The molecule has 1 aliphatic rings. The van der Waals surface area contributed by atoms with Crippen molar-refractivity contribution in [3.8, 4) is 11.5 Å². The van der Waals surface area contributed by atoms with Crippen molar-refractivity contribution < 1.29 is 9.47 Å². The molecule has 0 amide bonds. The van der Waals surface area contributed by atoms with E-state index in [1.54, 1.807) is 14.2 Å². The quantitative estimate of drug-likeness (QED) is 0.547. The first kappa shape index (κ1) is 23.2. The minimum Gasteiger partial charge on any atom is -0.497 e. The molecule has 0 bridgehead atoms. The number of hydrogen-bond donors (Lipinski definition) is 0. The summed E-state index contributed by atoms with van der Waals surface area (Å²) in [5, 5.41) is 12.9. The minimum atomic E-state index is -0.244. The van der Waals surface area contributed by atoms with E-state index in [4.69, 9.17) is 9.47 Å². The van der Waals surface area contributed by atoms with Gasteiger partial charge in [0, 0.05) is 44.4 Å². The van der Waals surface area contributed by atoms with Crippen LogP contribution in [0.4, 0.5) is 0 Å². The van der Waals surface area contributed by atoms with E-state index in [0.29, 0.717) is 0 Å². The van der Waals surface area contributed by atoms with Gasteiger partial charge in [-0.3, -0.25) is 9.80 Å². The molecule has 0 saturated carbocycles. The number of piperazine rings is 1. The Morgan fingerprint density at radius 1 is 0.939 bits per heavy atom. The minimum absolute atomic E-state index is 0.126. The molecule has 0 radical (unpaired) electrons. The summed E-state index contributed by atoms with van der Waals surface area (Å²) in [7, 11) is 3.36. The van der Waals surface area contributed by atoms with E-state index in [2.05, 4.69) is 82.5 Å². The summed E-state index contributed by atoms with van der Waals surface area (Å²) in [6.45, 7) is 11.1. The molecule has 1 fully saturated rings. The summed E-state index contributed by atoms with van der Waals surface area (Å²) in [5.41, 5.74) is 2.14. The van der Waals surface area contributed by atoms with Crippen LogP contribution in [0.15, 0.2) is 48.5 Å². The molecule has 8 heteroatoms. The van der Waals surface area contributed by atoms with Crippen molar-refractivity contribution in [3.63, 3.8) is 0 Å². The summed E-state index contributed by atoms with van der Waals surface area (Å²) in [4.78, 5) is 4.96. The largest absolute Gasteiger partial charge is 0.497 e. The second kappa shape index (κ2) is 9.89. The first-order valence-electron chi connectivity index (χ1n) is 11.4. The van der Waals surface area contributed by atoms with Gasteiger partial charge in [0.2, 0.25) is 0 Å². The number of methoxy groups -OCH3 is 2. The van der Waals surface area contributed by atoms with Crippen LogP contribution in [-0.2, 0) is 12.1 Å². The number of aromatic nitrogens is 4. The van der Waals surface area contributed by atoms with Crippen molar-refractivity contribution in [1.29, 1.82) is 0 Å². The highest BCUT2D eigenvalue weighted by Gasteiger charge is 2.35. The lowest BCUT2D eigenvalue weighted by molar-refractivity contribution is 0.0969. The van der Waals surface area contributed by atoms with E-state index in [1.807, 2.05) is 16.8 Å². The maximum absolute atomic E-state index is 5.79. The zero-order valence-electron chi connectivity index (χ0n) is 20.2. The van der Waals surface area contributed by atoms with E-state index in [1.165, 1.54) is 5.56 Å². The van der Waals surface area contributed by atoms with Gasteiger partial charge in [-0.15, -0.1) is 5.10 Å². The molecule has 0 unspecified atom stereocenters. The van der Waals surface area contributed by atoms with Crippen LogP contribution in [0.25, 0.3) is 0 Å². The lowest BCUT2D eigenvalue weighted by Crippen LogP contribution is -2.48. The second-order valence-corrected chi connectivity index (χ2v) is 9.43. The molecular weight excluding hydrogens is 416 g/mol. The molecule has 8 nitrogen and oxygen atoms in total. The summed E-state index contributed by atoms with van der Waals surface area (Å²) in [6, 6.07) is 16.5. The monoisotopic (exact) mass is 450 g/mol. The molecule has 3 aromatic rings. The highest BCUT2D eigenvalue weighted by atomic mass is 16.5. The van der Waals surface area contributed by atoms with Gasteiger partial charge >= 0.3 is 0 Å². The van der Waals surface area contributed by atoms with Gasteiger partial charge in [0.05, 0.1) is 19.8 Å². The molecular formula is C25H34N6O2. The fourth-order valence-corrected chi connectivity index (χ4v) is 4.41. The van der Waals surface area contributed by atoms with Crippen LogP contribution in [0.5, 0.6) is 11.5 Å². The number of benzene rings is 2. The van der Waals surface area contributed by atoms with E-state index in [9.17, 15) is 0 Å². The zero-order valence-corrected chi connectivity index (χ0v) is 20.2. The van der Waals surface area contributed by atoms with Crippen LogP contribution in [0, 0.1) is 0 Å². The first-order chi connectivity index (χ1) is 15.9. The Morgan fingerprint density at radius 3 is 2.30 bits per heavy atom. The summed E-state index contributed by atoms with van der Waals surface area (Å²) < 4.78 is 13.1. The fourth-order valence-electron chi connectivity index (χ4n) is 4.41. The topological polar surface area (TPSA) is 68.5 Å². The predicted octanol–water partition coefficient (Wildman–Crippen LogP) is 3.35. The van der Waals surface area contributed by atoms with Crippen LogP contribution >= 0.6 is 0 Å². The molecule has 0 N–H and O–H groups in total. The molecule has 0 aliphatic carbocycles. The number of hydrogen-bond acceptors (Lipinski definition) is 7. The first-order valence-corrected chi connectivity index (χ1v) is 11.4. The Kier molecular flexibility index (Phi) is 6.95. The molecule has 2 heterocycles. The highest BCUT2D eigenvalue weighted by molar-refractivity contribution is 5.44. The number of rotatable bonds is 7. The predicted molar refractivity (Wildman–Crippen MR) is 127 cm³/mol. The van der Waals surface area contributed by atoms with Crippen LogP contribution in [-0.4, -0.2) is 70.4 Å². The Hall–Kier alpha value is -2.97. The van der Waals surface area contributed by atoms with Crippen molar-refractivity contribution in [2.75, 3.05) is 40.4 Å². The van der Waals surface area contributed by atoms with Gasteiger partial charge in [0.1, 0.15) is 17.5 Å². The Balaban J connectivity index is 1.64. The smallest absolute Gasteiger partial charge is 0.173 e. The third kappa shape index (κ3) is 5.17. The molecule has 1 aromatic heterocycles. The molecule has 4 rings (SSSR count). The number of nitrogens with zero attached hydrogens (tertiary/aromatic N) is 6. The van der Waals surface area contributed by atoms with Crippen LogP contribution in [0.3, 0.4) is 0 Å². The van der Waals surface area contributed by atoms with Gasteiger partial charge in [0.25, 0.3) is 0 Å². The third-order valence-electron chi connectivity index (χ3n) is 6.13. The maximum atomic E-state index is 5.79. The Bertz CT molecular complexity index is 1040. The van der Waals surface area contributed by atoms with Gasteiger partial charge in [-0.25, -0.2) is 4.68 Å². The molecule has 33 heavy (non-hydrogen) atoms. The second-order valence-electron chi connectivity index (χ2n) is 9.43. The SMILES string of the molecule is COc1ccc([C@@H](c2nnnn2C(C)(C)C)N2CCN(Cc3ccccc3)CC2)c(OC)c1. The van der Waals surface area contributed by atoms with Crippen molar-refractivity contribution in [1.82, 2.24) is 30.0 Å².